The molecule has 0 saturated heterocycles. The van der Waals surface area contributed by atoms with Crippen molar-refractivity contribution in [3.8, 4) is 56.3 Å². The van der Waals surface area contributed by atoms with Gasteiger partial charge in [0.05, 0.1) is 0 Å². The molecule has 3 nitrogen and oxygen atoms in total. The topological polar surface area (TPSA) is 35.0 Å². The van der Waals surface area contributed by atoms with Gasteiger partial charge in [0, 0.05) is 23.9 Å². The smallest absolute Gasteiger partial charge is 0.497 e. The number of nitrogens with zero attached hydrogens (tertiary/aromatic N) is 2. The third kappa shape index (κ3) is 5.80. The molecule has 0 amide bonds. The van der Waals surface area contributed by atoms with Gasteiger partial charge in [0.2, 0.25) is 0 Å². The molecule has 0 aliphatic heterocycles. The SMILES string of the molecule is [Pt+2].[c-]1c(Oc2[c-]c(-c3cc(-c4ccccc4)ccn3)cc(-c3ccccc3)c2)cccc1-c1ccccn1. The minimum Gasteiger partial charge on any atom is -0.497 e. The predicted molar refractivity (Wildman–Crippen MR) is 148 cm³/mol. The van der Waals surface area contributed by atoms with Crippen LogP contribution in [0.1, 0.15) is 0 Å². The molecule has 6 rings (SSSR count). The fourth-order valence-corrected chi connectivity index (χ4v) is 4.22. The Bertz CT molecular complexity index is 1640. The van der Waals surface area contributed by atoms with Crippen molar-refractivity contribution in [2.24, 2.45) is 0 Å². The van der Waals surface area contributed by atoms with Crippen molar-refractivity contribution in [3.63, 3.8) is 0 Å². The van der Waals surface area contributed by atoms with Gasteiger partial charge < -0.3 is 14.7 Å². The van der Waals surface area contributed by atoms with Crippen molar-refractivity contribution < 1.29 is 25.8 Å². The predicted octanol–water partition coefficient (Wildman–Crippen LogP) is 8.53. The van der Waals surface area contributed by atoms with E-state index in [1.807, 2.05) is 91.1 Å². The second kappa shape index (κ2) is 11.8. The number of benzene rings is 4. The molecule has 0 bridgehead atoms. The maximum absolute atomic E-state index is 6.31. The van der Waals surface area contributed by atoms with Gasteiger partial charge in [-0.1, -0.05) is 103 Å². The maximum Gasteiger partial charge on any atom is 2.00 e. The van der Waals surface area contributed by atoms with Gasteiger partial charge in [0.1, 0.15) is 0 Å². The first-order chi connectivity index (χ1) is 18.3. The molecular weight excluding hydrogens is 647 g/mol. The number of ether oxygens (including phenoxy) is 1. The van der Waals surface area contributed by atoms with Crippen LogP contribution in [0.4, 0.5) is 0 Å². The number of hydrogen-bond acceptors (Lipinski definition) is 3. The van der Waals surface area contributed by atoms with Crippen LogP contribution < -0.4 is 4.74 Å². The van der Waals surface area contributed by atoms with Crippen molar-refractivity contribution >= 4 is 0 Å². The van der Waals surface area contributed by atoms with Crippen LogP contribution in [0.2, 0.25) is 0 Å². The van der Waals surface area contributed by atoms with E-state index < -0.39 is 0 Å². The van der Waals surface area contributed by atoms with E-state index in [-0.39, 0.29) is 21.1 Å². The van der Waals surface area contributed by atoms with Gasteiger partial charge in [0.25, 0.3) is 0 Å². The summed E-state index contributed by atoms with van der Waals surface area (Å²) in [6.07, 6.45) is 3.61. The zero-order valence-corrected chi connectivity index (χ0v) is 22.6. The first kappa shape index (κ1) is 25.3. The van der Waals surface area contributed by atoms with Crippen LogP contribution in [-0.2, 0) is 21.1 Å². The Morgan fingerprint density at radius 2 is 1.13 bits per heavy atom. The van der Waals surface area contributed by atoms with E-state index in [1.165, 1.54) is 0 Å². The van der Waals surface area contributed by atoms with Crippen LogP contribution in [0.5, 0.6) is 11.5 Å². The molecule has 0 saturated carbocycles. The third-order valence-electron chi connectivity index (χ3n) is 6.02. The summed E-state index contributed by atoms with van der Waals surface area (Å²) in [5, 5.41) is 0. The normalized spacial score (nSPS) is 10.4. The molecule has 4 aromatic carbocycles. The van der Waals surface area contributed by atoms with Crippen LogP contribution in [0.15, 0.2) is 134 Å². The van der Waals surface area contributed by atoms with Crippen LogP contribution in [0.25, 0.3) is 44.8 Å². The quantitative estimate of drug-likeness (QED) is 0.167. The number of rotatable bonds is 6. The molecule has 2 heterocycles. The molecule has 0 atom stereocenters. The van der Waals surface area contributed by atoms with Gasteiger partial charge in [-0.25, -0.2) is 0 Å². The summed E-state index contributed by atoms with van der Waals surface area (Å²) in [4.78, 5) is 9.10. The molecule has 0 unspecified atom stereocenters. The molecule has 4 heteroatoms. The largest absolute Gasteiger partial charge is 2.00 e. The first-order valence-corrected chi connectivity index (χ1v) is 12.1. The molecule has 38 heavy (non-hydrogen) atoms. The summed E-state index contributed by atoms with van der Waals surface area (Å²) in [6, 6.07) is 47.2. The van der Waals surface area contributed by atoms with Gasteiger partial charge in [-0.05, 0) is 40.2 Å². The molecule has 0 radical (unpaired) electrons. The average molecular weight is 670 g/mol. The summed E-state index contributed by atoms with van der Waals surface area (Å²) in [6.45, 7) is 0. The van der Waals surface area contributed by atoms with Gasteiger partial charge in [0.15, 0.2) is 0 Å². The third-order valence-corrected chi connectivity index (χ3v) is 6.02. The summed E-state index contributed by atoms with van der Waals surface area (Å²) >= 11 is 0. The molecule has 2 aromatic heterocycles. The van der Waals surface area contributed by atoms with Crippen LogP contribution in [0, 0.1) is 12.1 Å². The van der Waals surface area contributed by atoms with Crippen molar-refractivity contribution in [2.45, 2.75) is 0 Å². The minimum atomic E-state index is 0. The van der Waals surface area contributed by atoms with Crippen LogP contribution >= 0.6 is 0 Å². The molecule has 0 aliphatic rings. The second-order valence-electron chi connectivity index (χ2n) is 8.55. The van der Waals surface area contributed by atoms with Crippen molar-refractivity contribution in [2.75, 3.05) is 0 Å². The second-order valence-corrected chi connectivity index (χ2v) is 8.55. The van der Waals surface area contributed by atoms with Crippen molar-refractivity contribution in [3.05, 3.63) is 146 Å². The molecule has 6 aromatic rings. The van der Waals surface area contributed by atoms with E-state index in [2.05, 4.69) is 58.5 Å². The average Bonchev–Trinajstić information content (AvgIpc) is 2.99. The summed E-state index contributed by atoms with van der Waals surface area (Å²) in [5.74, 6) is 1.19. The zero-order chi connectivity index (χ0) is 24.9. The van der Waals surface area contributed by atoms with E-state index in [0.29, 0.717) is 11.5 Å². The van der Waals surface area contributed by atoms with Crippen molar-refractivity contribution in [1.82, 2.24) is 9.97 Å². The maximum atomic E-state index is 6.31. The van der Waals surface area contributed by atoms with E-state index >= 15 is 0 Å². The van der Waals surface area contributed by atoms with E-state index in [4.69, 9.17) is 4.74 Å². The Hall–Kier alpha value is -4.33. The van der Waals surface area contributed by atoms with Crippen LogP contribution in [0.3, 0.4) is 0 Å². The minimum absolute atomic E-state index is 0. The molecule has 0 fully saturated rings. The van der Waals surface area contributed by atoms with E-state index in [9.17, 15) is 0 Å². The number of aromatic nitrogens is 2. The molecule has 0 spiro atoms. The van der Waals surface area contributed by atoms with E-state index in [0.717, 1.165) is 44.8 Å². The summed E-state index contributed by atoms with van der Waals surface area (Å²) in [7, 11) is 0. The van der Waals surface area contributed by atoms with Gasteiger partial charge in [-0.2, -0.15) is 0 Å². The van der Waals surface area contributed by atoms with Gasteiger partial charge in [-0.15, -0.1) is 35.4 Å². The standard InChI is InChI=1S/C34H22N2O.Pt/c1-3-10-25(11-4-1)27-17-19-36-34(24-27)30-20-29(26-12-5-2-6-13-26)22-32(23-30)37-31-15-9-14-28(21-31)33-16-7-8-18-35-33;/h1-20,22,24H;/q-2;+2. The molecule has 0 aliphatic carbocycles. The van der Waals surface area contributed by atoms with Crippen LogP contribution in [-0.4, -0.2) is 9.97 Å². The Morgan fingerprint density at radius 1 is 0.447 bits per heavy atom. The molecular formula is C34H22N2OPt. The summed E-state index contributed by atoms with van der Waals surface area (Å²) in [5.41, 5.74) is 7.76. The van der Waals surface area contributed by atoms with Crippen molar-refractivity contribution in [1.29, 1.82) is 0 Å². The molecule has 0 N–H and O–H groups in total. The summed E-state index contributed by atoms with van der Waals surface area (Å²) < 4.78 is 6.31. The number of pyridine rings is 2. The van der Waals surface area contributed by atoms with Gasteiger partial charge >= 0.3 is 21.1 Å². The first-order valence-electron chi connectivity index (χ1n) is 12.1. The monoisotopic (exact) mass is 669 g/mol. The molecule has 184 valence electrons. The Morgan fingerprint density at radius 3 is 1.87 bits per heavy atom. The Labute approximate surface area is 237 Å². The number of hydrogen-bond donors (Lipinski definition) is 0. The Kier molecular flexibility index (Phi) is 7.87. The van der Waals surface area contributed by atoms with Gasteiger partial charge in [-0.3, -0.25) is 0 Å². The fourth-order valence-electron chi connectivity index (χ4n) is 4.22. The fraction of sp³-hybridized carbons (Fsp3) is 0. The van der Waals surface area contributed by atoms with E-state index in [1.54, 1.807) is 6.20 Å². The zero-order valence-electron chi connectivity index (χ0n) is 20.3. The Balaban J connectivity index is 0.00000294.